The minimum absolute atomic E-state index is 0.0389. The van der Waals surface area contributed by atoms with Crippen molar-refractivity contribution in [3.05, 3.63) is 104 Å². The summed E-state index contributed by atoms with van der Waals surface area (Å²) in [6, 6.07) is 20.0. The second-order valence-corrected chi connectivity index (χ2v) is 11.0. The Hall–Kier alpha value is -4.38. The van der Waals surface area contributed by atoms with Gasteiger partial charge in [-0.05, 0) is 117 Å². The van der Waals surface area contributed by atoms with E-state index in [-0.39, 0.29) is 11.2 Å². The van der Waals surface area contributed by atoms with Gasteiger partial charge in [-0.3, -0.25) is 4.79 Å². The standard InChI is InChI=1S/C36H36O5/c1-21-7-10-27(11-9-26(6)37)18-32(21)39-13-14-40-33-19-28(12-8-22(33)2)36-29-15-23(3)24(4)17-34(29)41-35-20-31(38)25(5)16-30(35)36/h7-8,10,12,15-20H,9,11,13-14H2,1-6H3. The average molecular weight is 549 g/mol. The second-order valence-electron chi connectivity index (χ2n) is 11.0. The topological polar surface area (TPSA) is 65.7 Å². The quantitative estimate of drug-likeness (QED) is 0.138. The van der Waals surface area contributed by atoms with E-state index in [1.54, 1.807) is 13.0 Å². The first-order valence-electron chi connectivity index (χ1n) is 14.0. The van der Waals surface area contributed by atoms with Crippen molar-refractivity contribution in [2.45, 2.75) is 54.4 Å². The summed E-state index contributed by atoms with van der Waals surface area (Å²) in [6.07, 6.45) is 1.23. The fraction of sp³-hybridized carbons (Fsp3) is 0.278. The largest absolute Gasteiger partial charge is 0.490 e. The maximum Gasteiger partial charge on any atom is 0.185 e. The zero-order valence-corrected chi connectivity index (χ0v) is 24.6. The zero-order chi connectivity index (χ0) is 29.3. The average Bonchev–Trinajstić information content (AvgIpc) is 2.93. The highest BCUT2D eigenvalue weighted by Crippen LogP contribution is 2.42. The van der Waals surface area contributed by atoms with E-state index in [9.17, 15) is 9.59 Å². The third kappa shape index (κ3) is 6.04. The van der Waals surface area contributed by atoms with E-state index in [0.29, 0.717) is 37.4 Å². The van der Waals surface area contributed by atoms with E-state index in [4.69, 9.17) is 13.9 Å². The lowest BCUT2D eigenvalue weighted by molar-refractivity contribution is -0.116. The number of ether oxygens (including phenoxy) is 2. The third-order valence-electron chi connectivity index (χ3n) is 7.73. The third-order valence-corrected chi connectivity index (χ3v) is 7.73. The summed E-state index contributed by atoms with van der Waals surface area (Å²) in [7, 11) is 0. The lowest BCUT2D eigenvalue weighted by Crippen LogP contribution is -2.10. The molecule has 0 bridgehead atoms. The fourth-order valence-corrected chi connectivity index (χ4v) is 5.08. The van der Waals surface area contributed by atoms with Crippen molar-refractivity contribution < 1.29 is 18.7 Å². The van der Waals surface area contributed by atoms with Gasteiger partial charge in [0.1, 0.15) is 41.8 Å². The predicted molar refractivity (Wildman–Crippen MR) is 165 cm³/mol. The van der Waals surface area contributed by atoms with Crippen molar-refractivity contribution in [3.63, 3.8) is 0 Å². The van der Waals surface area contributed by atoms with Gasteiger partial charge >= 0.3 is 0 Å². The van der Waals surface area contributed by atoms with Crippen molar-refractivity contribution in [2.75, 3.05) is 13.2 Å². The van der Waals surface area contributed by atoms with Crippen LogP contribution in [0, 0.1) is 34.6 Å². The first-order chi connectivity index (χ1) is 19.6. The summed E-state index contributed by atoms with van der Waals surface area (Å²) in [6.45, 7) is 12.4. The molecule has 41 heavy (non-hydrogen) atoms. The predicted octanol–water partition coefficient (Wildman–Crippen LogP) is 8.09. The molecule has 0 saturated heterocycles. The van der Waals surface area contributed by atoms with Gasteiger partial charge in [-0.2, -0.15) is 0 Å². The van der Waals surface area contributed by atoms with Gasteiger partial charge in [0.15, 0.2) is 5.43 Å². The fourth-order valence-electron chi connectivity index (χ4n) is 5.08. The molecule has 0 aromatic heterocycles. The van der Waals surface area contributed by atoms with Crippen LogP contribution in [0.3, 0.4) is 0 Å². The molecule has 0 unspecified atom stereocenters. The highest BCUT2D eigenvalue weighted by Gasteiger charge is 2.20. The molecule has 0 atom stereocenters. The Bertz CT molecular complexity index is 1790. The lowest BCUT2D eigenvalue weighted by Gasteiger charge is -2.18. The molecule has 5 rings (SSSR count). The molecule has 5 nitrogen and oxygen atoms in total. The Morgan fingerprint density at radius 3 is 2.10 bits per heavy atom. The van der Waals surface area contributed by atoms with Crippen molar-refractivity contribution in [1.29, 1.82) is 0 Å². The van der Waals surface area contributed by atoms with Crippen molar-refractivity contribution >= 4 is 16.8 Å². The highest BCUT2D eigenvalue weighted by molar-refractivity contribution is 6.02. The van der Waals surface area contributed by atoms with E-state index >= 15 is 0 Å². The van der Waals surface area contributed by atoms with E-state index in [1.807, 2.05) is 51.1 Å². The van der Waals surface area contributed by atoms with Crippen LogP contribution in [0.5, 0.6) is 11.5 Å². The maximum atomic E-state index is 12.5. The molecular weight excluding hydrogens is 512 g/mol. The molecule has 3 aromatic carbocycles. The van der Waals surface area contributed by atoms with Crippen LogP contribution in [0.2, 0.25) is 0 Å². The minimum atomic E-state index is -0.0389. The maximum absolute atomic E-state index is 12.5. The van der Waals surface area contributed by atoms with Gasteiger partial charge in [-0.15, -0.1) is 0 Å². The van der Waals surface area contributed by atoms with Crippen LogP contribution in [-0.2, 0) is 11.2 Å². The monoisotopic (exact) mass is 548 g/mol. The molecule has 5 heteroatoms. The zero-order valence-electron chi connectivity index (χ0n) is 24.6. The van der Waals surface area contributed by atoms with Gasteiger partial charge in [-0.25, -0.2) is 0 Å². The molecule has 210 valence electrons. The Labute approximate surface area is 241 Å². The molecule has 0 amide bonds. The van der Waals surface area contributed by atoms with Gasteiger partial charge in [0.25, 0.3) is 0 Å². The summed E-state index contributed by atoms with van der Waals surface area (Å²) < 4.78 is 18.5. The molecule has 0 N–H and O–H groups in total. The second kappa shape index (κ2) is 11.6. The molecular formula is C36H36O5. The number of carbonyl (C=O) groups excluding carboxylic acids is 1. The van der Waals surface area contributed by atoms with Crippen LogP contribution in [0.4, 0.5) is 0 Å². The Kier molecular flexibility index (Phi) is 7.98. The molecule has 2 aliphatic rings. The van der Waals surface area contributed by atoms with Gasteiger partial charge in [0, 0.05) is 29.0 Å². The number of Topliss-reactive ketones (excluding diaryl/α,β-unsaturated/α-hetero) is 1. The number of carbonyl (C=O) groups is 1. The van der Waals surface area contributed by atoms with E-state index in [0.717, 1.165) is 61.4 Å². The summed E-state index contributed by atoms with van der Waals surface area (Å²) in [4.78, 5) is 23.9. The van der Waals surface area contributed by atoms with Crippen LogP contribution in [0.1, 0.15) is 46.7 Å². The molecule has 0 saturated carbocycles. The Balaban J connectivity index is 1.43. The van der Waals surface area contributed by atoms with Crippen LogP contribution in [-0.4, -0.2) is 19.0 Å². The summed E-state index contributed by atoms with van der Waals surface area (Å²) in [5, 5.41) is 0.997. The number of aryl methyl sites for hydroxylation is 6. The molecule has 1 aliphatic carbocycles. The molecule has 3 aromatic rings. The number of hydrogen-bond donors (Lipinski definition) is 0. The summed E-state index contributed by atoms with van der Waals surface area (Å²) >= 11 is 0. The number of fused-ring (bicyclic) bond motifs is 2. The van der Waals surface area contributed by atoms with Gasteiger partial charge < -0.3 is 18.7 Å². The van der Waals surface area contributed by atoms with E-state index < -0.39 is 0 Å². The molecule has 1 aliphatic heterocycles. The first-order valence-corrected chi connectivity index (χ1v) is 14.0. The van der Waals surface area contributed by atoms with E-state index in [2.05, 4.69) is 38.1 Å². The normalized spacial score (nSPS) is 11.3. The van der Waals surface area contributed by atoms with Gasteiger partial charge in [0.05, 0.1) is 0 Å². The molecule has 0 fully saturated rings. The highest BCUT2D eigenvalue weighted by atomic mass is 16.5. The van der Waals surface area contributed by atoms with Crippen LogP contribution < -0.4 is 14.9 Å². The van der Waals surface area contributed by atoms with Crippen LogP contribution >= 0.6 is 0 Å². The SMILES string of the molecule is CC(=O)CCc1ccc(C)c(OCCOc2cc(-c3c4cc(C)c(=O)cc-4oc4cc(C)c(C)cc34)ccc2C)c1. The lowest BCUT2D eigenvalue weighted by atomic mass is 9.91. The summed E-state index contributed by atoms with van der Waals surface area (Å²) in [5.41, 5.74) is 9.76. The van der Waals surface area contributed by atoms with Crippen LogP contribution in [0.25, 0.3) is 33.4 Å². The Morgan fingerprint density at radius 2 is 1.39 bits per heavy atom. The van der Waals surface area contributed by atoms with Crippen molar-refractivity contribution in [3.8, 4) is 33.9 Å². The van der Waals surface area contributed by atoms with Gasteiger partial charge in [0.2, 0.25) is 0 Å². The minimum Gasteiger partial charge on any atom is -0.490 e. The number of rotatable bonds is 9. The van der Waals surface area contributed by atoms with Crippen LogP contribution in [0.15, 0.2) is 69.9 Å². The number of benzene rings is 4. The first kappa shape index (κ1) is 28.2. The Morgan fingerprint density at radius 1 is 0.732 bits per heavy atom. The molecule has 1 heterocycles. The van der Waals surface area contributed by atoms with Crippen molar-refractivity contribution in [1.82, 2.24) is 0 Å². The molecule has 0 spiro atoms. The summed E-state index contributed by atoms with van der Waals surface area (Å²) in [5.74, 6) is 2.34. The number of hydrogen-bond acceptors (Lipinski definition) is 5. The molecule has 0 radical (unpaired) electrons. The van der Waals surface area contributed by atoms with E-state index in [1.165, 1.54) is 5.56 Å². The smallest absolute Gasteiger partial charge is 0.185 e. The van der Waals surface area contributed by atoms with Crippen molar-refractivity contribution in [2.24, 2.45) is 0 Å². The van der Waals surface area contributed by atoms with Gasteiger partial charge in [-0.1, -0.05) is 24.3 Å². The number of ketones is 1.